The van der Waals surface area contributed by atoms with Crippen LogP contribution in [0.25, 0.3) is 0 Å². The van der Waals surface area contributed by atoms with Crippen LogP contribution in [0.3, 0.4) is 0 Å². The summed E-state index contributed by atoms with van der Waals surface area (Å²) in [6.45, 7) is 0.0235. The number of hydrogen-bond acceptors (Lipinski definition) is 3. The van der Waals surface area contributed by atoms with Crippen LogP contribution in [-0.4, -0.2) is 11.0 Å². The van der Waals surface area contributed by atoms with E-state index in [4.69, 9.17) is 22.5 Å². The molecule has 0 aliphatic carbocycles. The molecule has 0 bridgehead atoms. The van der Waals surface area contributed by atoms with E-state index in [9.17, 15) is 8.78 Å². The number of anilines is 1. The van der Waals surface area contributed by atoms with Crippen LogP contribution in [0.15, 0.2) is 41.6 Å². The summed E-state index contributed by atoms with van der Waals surface area (Å²) in [5.74, 6) is -1.57. The number of oxime groups is 1. The molecule has 0 radical (unpaired) electrons. The van der Waals surface area contributed by atoms with E-state index in [1.807, 2.05) is 0 Å². The minimum Gasteiger partial charge on any atom is -0.409 e. The number of nitrogens with two attached hydrogens (primary N) is 1. The molecular formula is C14H12ClF2N3O. The highest BCUT2D eigenvalue weighted by Crippen LogP contribution is 2.23. The fraction of sp³-hybridized carbons (Fsp3) is 0.0714. The molecule has 7 heteroatoms. The van der Waals surface area contributed by atoms with Gasteiger partial charge in [0.05, 0.1) is 16.3 Å². The lowest BCUT2D eigenvalue weighted by molar-refractivity contribution is 0.318. The third kappa shape index (κ3) is 3.22. The Morgan fingerprint density at radius 1 is 1.19 bits per heavy atom. The number of benzene rings is 2. The number of nitrogens with zero attached hydrogens (tertiary/aromatic N) is 1. The summed E-state index contributed by atoms with van der Waals surface area (Å²) in [7, 11) is 0. The lowest BCUT2D eigenvalue weighted by atomic mass is 10.1. The van der Waals surface area contributed by atoms with E-state index < -0.39 is 11.6 Å². The standard InChI is InChI=1S/C14H12ClF2N3O/c15-10-5-2-6-11(13(10)17)19-7-8-3-1-4-9(12(8)16)14(18)20-21/h1-6,19,21H,7H2,(H2,18,20). The van der Waals surface area contributed by atoms with Crippen molar-refractivity contribution in [3.8, 4) is 0 Å². The Labute approximate surface area is 124 Å². The lowest BCUT2D eigenvalue weighted by Crippen LogP contribution is -2.16. The van der Waals surface area contributed by atoms with Crippen LogP contribution in [0.4, 0.5) is 14.5 Å². The largest absolute Gasteiger partial charge is 0.409 e. The van der Waals surface area contributed by atoms with Gasteiger partial charge in [-0.2, -0.15) is 0 Å². The smallest absolute Gasteiger partial charge is 0.173 e. The van der Waals surface area contributed by atoms with E-state index in [1.54, 1.807) is 12.1 Å². The van der Waals surface area contributed by atoms with Gasteiger partial charge in [-0.05, 0) is 18.2 Å². The van der Waals surface area contributed by atoms with Crippen LogP contribution in [0.5, 0.6) is 0 Å². The maximum Gasteiger partial charge on any atom is 0.173 e. The van der Waals surface area contributed by atoms with Gasteiger partial charge in [0, 0.05) is 12.1 Å². The Morgan fingerprint density at radius 2 is 1.90 bits per heavy atom. The van der Waals surface area contributed by atoms with E-state index >= 15 is 0 Å². The van der Waals surface area contributed by atoms with Crippen LogP contribution in [0.2, 0.25) is 5.02 Å². The van der Waals surface area contributed by atoms with Crippen molar-refractivity contribution in [3.05, 3.63) is 64.2 Å². The molecular weight excluding hydrogens is 300 g/mol. The van der Waals surface area contributed by atoms with E-state index in [1.165, 1.54) is 24.3 Å². The van der Waals surface area contributed by atoms with Crippen molar-refractivity contribution in [2.24, 2.45) is 10.9 Å². The molecule has 4 N–H and O–H groups in total. The molecule has 110 valence electrons. The molecule has 0 heterocycles. The minimum atomic E-state index is -0.636. The first-order chi connectivity index (χ1) is 10.0. The summed E-state index contributed by atoms with van der Waals surface area (Å²) >= 11 is 5.66. The average Bonchev–Trinajstić information content (AvgIpc) is 2.49. The summed E-state index contributed by atoms with van der Waals surface area (Å²) in [6.07, 6.45) is 0. The predicted molar refractivity (Wildman–Crippen MR) is 77.6 cm³/mol. The van der Waals surface area contributed by atoms with Crippen molar-refractivity contribution in [3.63, 3.8) is 0 Å². The van der Waals surface area contributed by atoms with Gasteiger partial charge < -0.3 is 16.3 Å². The molecule has 21 heavy (non-hydrogen) atoms. The van der Waals surface area contributed by atoms with E-state index in [-0.39, 0.29) is 34.2 Å². The van der Waals surface area contributed by atoms with Crippen molar-refractivity contribution < 1.29 is 14.0 Å². The molecule has 0 atom stereocenters. The topological polar surface area (TPSA) is 70.6 Å². The Bertz CT molecular complexity index is 692. The fourth-order valence-corrected chi connectivity index (χ4v) is 1.97. The van der Waals surface area contributed by atoms with Crippen molar-refractivity contribution in [1.29, 1.82) is 0 Å². The SMILES string of the molecule is N/C(=N/O)c1cccc(CNc2cccc(Cl)c2F)c1F. The lowest BCUT2D eigenvalue weighted by Gasteiger charge is -2.11. The van der Waals surface area contributed by atoms with Gasteiger partial charge >= 0.3 is 0 Å². The van der Waals surface area contributed by atoms with Crippen LogP contribution >= 0.6 is 11.6 Å². The molecule has 0 fully saturated rings. The number of halogens is 3. The molecule has 4 nitrogen and oxygen atoms in total. The average molecular weight is 312 g/mol. The van der Waals surface area contributed by atoms with Crippen molar-refractivity contribution in [1.82, 2.24) is 0 Å². The molecule has 0 aromatic heterocycles. The Morgan fingerprint density at radius 3 is 2.62 bits per heavy atom. The molecule has 0 saturated carbocycles. The molecule has 2 aromatic carbocycles. The molecule has 0 amide bonds. The van der Waals surface area contributed by atoms with Gasteiger partial charge in [-0.1, -0.05) is 35.0 Å². The Balaban J connectivity index is 2.23. The quantitative estimate of drug-likeness (QED) is 0.351. The summed E-state index contributed by atoms with van der Waals surface area (Å²) in [6, 6.07) is 8.94. The van der Waals surface area contributed by atoms with Crippen molar-refractivity contribution in [2.75, 3.05) is 5.32 Å². The van der Waals surface area contributed by atoms with Gasteiger partial charge in [-0.25, -0.2) is 8.78 Å². The first-order valence-electron chi connectivity index (χ1n) is 5.97. The summed E-state index contributed by atoms with van der Waals surface area (Å²) in [5, 5.41) is 14.1. The number of amidine groups is 1. The third-order valence-corrected chi connectivity index (χ3v) is 3.18. The van der Waals surface area contributed by atoms with E-state index in [0.29, 0.717) is 0 Å². The molecule has 0 aliphatic heterocycles. The van der Waals surface area contributed by atoms with E-state index in [2.05, 4.69) is 10.5 Å². The van der Waals surface area contributed by atoms with E-state index in [0.717, 1.165) is 0 Å². The van der Waals surface area contributed by atoms with Gasteiger partial charge in [-0.15, -0.1) is 0 Å². The van der Waals surface area contributed by atoms with Crippen molar-refractivity contribution in [2.45, 2.75) is 6.54 Å². The van der Waals surface area contributed by atoms with Gasteiger partial charge in [0.1, 0.15) is 5.82 Å². The highest BCUT2D eigenvalue weighted by atomic mass is 35.5. The molecule has 0 spiro atoms. The van der Waals surface area contributed by atoms with Gasteiger partial charge in [0.15, 0.2) is 11.7 Å². The predicted octanol–water partition coefficient (Wildman–Crippen LogP) is 3.32. The summed E-state index contributed by atoms with van der Waals surface area (Å²) < 4.78 is 27.9. The molecule has 2 aromatic rings. The second kappa shape index (κ2) is 6.41. The zero-order valence-corrected chi connectivity index (χ0v) is 11.5. The van der Waals surface area contributed by atoms with Crippen LogP contribution in [0.1, 0.15) is 11.1 Å². The monoisotopic (exact) mass is 311 g/mol. The number of rotatable bonds is 4. The number of nitrogens with one attached hydrogen (secondary N) is 1. The van der Waals surface area contributed by atoms with Gasteiger partial charge in [0.25, 0.3) is 0 Å². The highest BCUT2D eigenvalue weighted by Gasteiger charge is 2.12. The maximum absolute atomic E-state index is 14.2. The first-order valence-corrected chi connectivity index (χ1v) is 6.35. The maximum atomic E-state index is 14.2. The summed E-state index contributed by atoms with van der Waals surface area (Å²) in [5.41, 5.74) is 5.76. The highest BCUT2D eigenvalue weighted by molar-refractivity contribution is 6.31. The normalized spacial score (nSPS) is 11.5. The van der Waals surface area contributed by atoms with Gasteiger partial charge in [-0.3, -0.25) is 0 Å². The minimum absolute atomic E-state index is 0.0223. The second-order valence-corrected chi connectivity index (χ2v) is 4.63. The fourth-order valence-electron chi connectivity index (χ4n) is 1.80. The van der Waals surface area contributed by atoms with Crippen molar-refractivity contribution >= 4 is 23.1 Å². The Hall–Kier alpha value is -2.34. The molecule has 0 unspecified atom stereocenters. The molecule has 2 rings (SSSR count). The second-order valence-electron chi connectivity index (χ2n) is 4.22. The molecule has 0 aliphatic rings. The van der Waals surface area contributed by atoms with Crippen LogP contribution in [0, 0.1) is 11.6 Å². The van der Waals surface area contributed by atoms with Crippen LogP contribution in [-0.2, 0) is 6.54 Å². The zero-order valence-electron chi connectivity index (χ0n) is 10.8. The number of hydrogen-bond donors (Lipinski definition) is 3. The first kappa shape index (κ1) is 15.1. The molecule has 0 saturated heterocycles. The third-order valence-electron chi connectivity index (χ3n) is 2.88. The van der Waals surface area contributed by atoms with Gasteiger partial charge in [0.2, 0.25) is 0 Å². The Kier molecular flexibility index (Phi) is 4.59. The zero-order chi connectivity index (χ0) is 15.4. The summed E-state index contributed by atoms with van der Waals surface area (Å²) in [4.78, 5) is 0. The van der Waals surface area contributed by atoms with Crippen LogP contribution < -0.4 is 11.1 Å².